The van der Waals surface area contributed by atoms with E-state index in [1.54, 1.807) is 0 Å². The molecule has 4 heteroatoms. The maximum Gasteiger partial charge on any atom is 0.251 e. The molecule has 0 spiro atoms. The SMILES string of the molecule is CC(C)(O)C(=O)NCC(C)(C)c1ccc(Cl)cc1. The van der Waals surface area contributed by atoms with Crippen molar-refractivity contribution in [1.29, 1.82) is 0 Å². The van der Waals surface area contributed by atoms with Crippen LogP contribution in [0.25, 0.3) is 0 Å². The van der Waals surface area contributed by atoms with Crippen LogP contribution in [0.1, 0.15) is 33.3 Å². The Morgan fingerprint density at radius 2 is 1.72 bits per heavy atom. The number of hydrogen-bond acceptors (Lipinski definition) is 2. The number of rotatable bonds is 4. The number of halogens is 1. The van der Waals surface area contributed by atoms with Crippen LogP contribution in [-0.4, -0.2) is 23.2 Å². The third-order valence-electron chi connectivity index (χ3n) is 2.87. The van der Waals surface area contributed by atoms with Crippen LogP contribution >= 0.6 is 11.6 Å². The van der Waals surface area contributed by atoms with Crippen LogP contribution in [0.15, 0.2) is 24.3 Å². The molecule has 0 heterocycles. The van der Waals surface area contributed by atoms with Gasteiger partial charge in [-0.1, -0.05) is 37.6 Å². The lowest BCUT2D eigenvalue weighted by atomic mass is 9.84. The second kappa shape index (κ2) is 5.29. The van der Waals surface area contributed by atoms with Crippen LogP contribution in [0.4, 0.5) is 0 Å². The van der Waals surface area contributed by atoms with Crippen molar-refractivity contribution in [3.05, 3.63) is 34.9 Å². The highest BCUT2D eigenvalue weighted by molar-refractivity contribution is 6.30. The quantitative estimate of drug-likeness (QED) is 0.882. The summed E-state index contributed by atoms with van der Waals surface area (Å²) >= 11 is 5.85. The fraction of sp³-hybridized carbons (Fsp3) is 0.500. The lowest BCUT2D eigenvalue weighted by Gasteiger charge is -2.27. The summed E-state index contributed by atoms with van der Waals surface area (Å²) in [6.07, 6.45) is 0. The van der Waals surface area contributed by atoms with Crippen LogP contribution < -0.4 is 5.32 Å². The molecule has 0 bridgehead atoms. The standard InChI is InChI=1S/C14H20ClNO2/c1-13(2,9-16-12(17)14(3,4)18)10-5-7-11(15)8-6-10/h5-8,18H,9H2,1-4H3,(H,16,17). The largest absolute Gasteiger partial charge is 0.381 e. The van der Waals surface area contributed by atoms with Gasteiger partial charge in [-0.25, -0.2) is 0 Å². The van der Waals surface area contributed by atoms with E-state index in [2.05, 4.69) is 5.32 Å². The number of carbonyl (C=O) groups excluding carboxylic acids is 1. The number of amides is 1. The van der Waals surface area contributed by atoms with Crippen LogP contribution in [0.2, 0.25) is 5.02 Å². The molecular weight excluding hydrogens is 250 g/mol. The summed E-state index contributed by atoms with van der Waals surface area (Å²) in [4.78, 5) is 11.6. The molecule has 1 amide bonds. The summed E-state index contributed by atoms with van der Waals surface area (Å²) in [7, 11) is 0. The highest BCUT2D eigenvalue weighted by atomic mass is 35.5. The minimum Gasteiger partial charge on any atom is -0.381 e. The Morgan fingerprint density at radius 3 is 2.17 bits per heavy atom. The number of aliphatic hydroxyl groups is 1. The molecule has 100 valence electrons. The van der Waals surface area contributed by atoms with Crippen molar-refractivity contribution in [1.82, 2.24) is 5.32 Å². The first kappa shape index (κ1) is 15.0. The van der Waals surface area contributed by atoms with E-state index in [0.29, 0.717) is 11.6 Å². The zero-order valence-electron chi connectivity index (χ0n) is 11.2. The summed E-state index contributed by atoms with van der Waals surface area (Å²) in [6.45, 7) is 7.45. The van der Waals surface area contributed by atoms with Gasteiger partial charge in [0.25, 0.3) is 5.91 Å². The number of benzene rings is 1. The average Bonchev–Trinajstić information content (AvgIpc) is 2.25. The molecule has 0 aliphatic carbocycles. The third kappa shape index (κ3) is 4.00. The molecular formula is C14H20ClNO2. The van der Waals surface area contributed by atoms with Gasteiger partial charge in [0, 0.05) is 17.0 Å². The molecule has 1 aromatic carbocycles. The topological polar surface area (TPSA) is 49.3 Å². The molecule has 0 aliphatic rings. The van der Waals surface area contributed by atoms with Crippen LogP contribution in [0.5, 0.6) is 0 Å². The van der Waals surface area contributed by atoms with E-state index in [4.69, 9.17) is 11.6 Å². The Kier molecular flexibility index (Phi) is 4.41. The molecule has 1 aromatic rings. The van der Waals surface area contributed by atoms with Gasteiger partial charge in [0.05, 0.1) is 0 Å². The predicted octanol–water partition coefficient (Wildman–Crippen LogP) is 2.50. The molecule has 2 N–H and O–H groups in total. The monoisotopic (exact) mass is 269 g/mol. The maximum atomic E-state index is 11.6. The molecule has 0 aromatic heterocycles. The van der Waals surface area contributed by atoms with Crippen molar-refractivity contribution in [2.45, 2.75) is 38.7 Å². The van der Waals surface area contributed by atoms with Crippen molar-refractivity contribution in [2.24, 2.45) is 0 Å². The lowest BCUT2D eigenvalue weighted by Crippen LogP contribution is -2.46. The number of carbonyl (C=O) groups is 1. The predicted molar refractivity (Wildman–Crippen MR) is 73.8 cm³/mol. The van der Waals surface area contributed by atoms with Gasteiger partial charge in [-0.05, 0) is 31.5 Å². The van der Waals surface area contributed by atoms with E-state index in [1.165, 1.54) is 13.8 Å². The molecule has 0 saturated heterocycles. The Labute approximate surface area is 113 Å². The van der Waals surface area contributed by atoms with Gasteiger partial charge in [0.1, 0.15) is 5.60 Å². The van der Waals surface area contributed by atoms with Crippen LogP contribution in [0, 0.1) is 0 Å². The van der Waals surface area contributed by atoms with Gasteiger partial charge in [-0.15, -0.1) is 0 Å². The first-order chi connectivity index (χ1) is 8.13. The Bertz CT molecular complexity index is 418. The summed E-state index contributed by atoms with van der Waals surface area (Å²) in [5.74, 6) is -0.371. The molecule has 0 fully saturated rings. The minimum atomic E-state index is -1.35. The zero-order chi connectivity index (χ0) is 14.0. The second-order valence-electron chi connectivity index (χ2n) is 5.63. The molecule has 1 rings (SSSR count). The van der Waals surface area contributed by atoms with Gasteiger partial charge in [0.15, 0.2) is 0 Å². The fourth-order valence-electron chi connectivity index (χ4n) is 1.52. The fourth-order valence-corrected chi connectivity index (χ4v) is 1.65. The van der Waals surface area contributed by atoms with E-state index in [0.717, 1.165) is 5.56 Å². The maximum absolute atomic E-state index is 11.6. The van der Waals surface area contributed by atoms with Crippen molar-refractivity contribution < 1.29 is 9.90 Å². The van der Waals surface area contributed by atoms with E-state index in [1.807, 2.05) is 38.1 Å². The summed E-state index contributed by atoms with van der Waals surface area (Å²) in [5, 5.41) is 13.0. The smallest absolute Gasteiger partial charge is 0.251 e. The molecule has 18 heavy (non-hydrogen) atoms. The van der Waals surface area contributed by atoms with Gasteiger partial charge in [-0.2, -0.15) is 0 Å². The van der Waals surface area contributed by atoms with Crippen molar-refractivity contribution in [2.75, 3.05) is 6.54 Å². The number of nitrogens with one attached hydrogen (secondary N) is 1. The lowest BCUT2D eigenvalue weighted by molar-refractivity contribution is -0.136. The van der Waals surface area contributed by atoms with Gasteiger partial charge < -0.3 is 10.4 Å². The summed E-state index contributed by atoms with van der Waals surface area (Å²) < 4.78 is 0. The Morgan fingerprint density at radius 1 is 1.22 bits per heavy atom. The summed E-state index contributed by atoms with van der Waals surface area (Å²) in [5.41, 5.74) is -0.482. The van der Waals surface area contributed by atoms with Gasteiger partial charge >= 0.3 is 0 Å². The second-order valence-corrected chi connectivity index (χ2v) is 6.07. The van der Waals surface area contributed by atoms with E-state index in [9.17, 15) is 9.90 Å². The van der Waals surface area contributed by atoms with E-state index < -0.39 is 5.60 Å². The van der Waals surface area contributed by atoms with E-state index in [-0.39, 0.29) is 11.3 Å². The van der Waals surface area contributed by atoms with Crippen molar-refractivity contribution in [3.8, 4) is 0 Å². The first-order valence-corrected chi connectivity index (χ1v) is 6.27. The van der Waals surface area contributed by atoms with Gasteiger partial charge in [0.2, 0.25) is 0 Å². The first-order valence-electron chi connectivity index (χ1n) is 5.90. The molecule has 0 radical (unpaired) electrons. The average molecular weight is 270 g/mol. The van der Waals surface area contributed by atoms with Crippen molar-refractivity contribution >= 4 is 17.5 Å². The molecule has 0 aliphatic heterocycles. The molecule has 0 saturated carbocycles. The van der Waals surface area contributed by atoms with Gasteiger partial charge in [-0.3, -0.25) is 4.79 Å². The highest BCUT2D eigenvalue weighted by Gasteiger charge is 2.27. The Balaban J connectivity index is 2.71. The van der Waals surface area contributed by atoms with Crippen molar-refractivity contribution in [3.63, 3.8) is 0 Å². The summed E-state index contributed by atoms with van der Waals surface area (Å²) in [6, 6.07) is 7.55. The zero-order valence-corrected chi connectivity index (χ0v) is 12.0. The Hall–Kier alpha value is -1.06. The molecule has 0 unspecified atom stereocenters. The molecule has 0 atom stereocenters. The number of hydrogen-bond donors (Lipinski definition) is 2. The normalized spacial score (nSPS) is 12.3. The van der Waals surface area contributed by atoms with Crippen LogP contribution in [0.3, 0.4) is 0 Å². The minimum absolute atomic E-state index is 0.217. The van der Waals surface area contributed by atoms with E-state index >= 15 is 0 Å². The highest BCUT2D eigenvalue weighted by Crippen LogP contribution is 2.24. The van der Waals surface area contributed by atoms with Crippen LogP contribution in [-0.2, 0) is 10.2 Å². The molecule has 3 nitrogen and oxygen atoms in total. The third-order valence-corrected chi connectivity index (χ3v) is 3.12.